The van der Waals surface area contributed by atoms with Gasteiger partial charge in [0.1, 0.15) is 0 Å². The molecule has 1 rings (SSSR count). The van der Waals surface area contributed by atoms with Gasteiger partial charge in [-0.15, -0.1) is 0 Å². The Balaban J connectivity index is 2.33. The summed E-state index contributed by atoms with van der Waals surface area (Å²) in [5.74, 6) is 0. The van der Waals surface area contributed by atoms with Crippen LogP contribution in [0.3, 0.4) is 0 Å². The number of benzene rings is 1. The van der Waals surface area contributed by atoms with Gasteiger partial charge in [0.25, 0.3) is 0 Å². The van der Waals surface area contributed by atoms with E-state index in [0.29, 0.717) is 6.04 Å². The first-order valence-corrected chi connectivity index (χ1v) is 6.74. The van der Waals surface area contributed by atoms with Gasteiger partial charge < -0.3 is 10.6 Å². The topological polar surface area (TPSA) is 29.3 Å². The van der Waals surface area contributed by atoms with Crippen molar-refractivity contribution in [2.24, 2.45) is 5.73 Å². The molecule has 1 unspecified atom stereocenters. The lowest BCUT2D eigenvalue weighted by molar-refractivity contribution is 0.268. The normalized spacial score (nSPS) is 12.9. The maximum atomic E-state index is 5.82. The van der Waals surface area contributed by atoms with Crippen LogP contribution in [0.5, 0.6) is 0 Å². The predicted molar refractivity (Wildman–Crippen MR) is 75.1 cm³/mol. The zero-order valence-corrected chi connectivity index (χ0v) is 11.2. The van der Waals surface area contributed by atoms with E-state index < -0.39 is 0 Å². The minimum absolute atomic E-state index is 0.311. The number of hydrogen-bond donors (Lipinski definition) is 1. The number of rotatable bonds is 8. The average Bonchev–Trinajstić information content (AvgIpc) is 2.34. The Morgan fingerprint density at radius 1 is 1.12 bits per heavy atom. The van der Waals surface area contributed by atoms with Crippen LogP contribution in [0.4, 0.5) is 0 Å². The largest absolute Gasteiger partial charge is 0.328 e. The molecule has 0 aromatic heterocycles. The minimum atomic E-state index is 0.311. The predicted octanol–water partition coefficient (Wildman–Crippen LogP) is 2.68. The van der Waals surface area contributed by atoms with Crippen molar-refractivity contribution < 1.29 is 0 Å². The van der Waals surface area contributed by atoms with Crippen LogP contribution in [0.2, 0.25) is 0 Å². The Bertz CT molecular complexity index is 282. The molecule has 1 atom stereocenters. The monoisotopic (exact) mass is 234 g/mol. The molecule has 2 nitrogen and oxygen atoms in total. The number of nitrogens with zero attached hydrogens (tertiary/aromatic N) is 1. The second-order valence-corrected chi connectivity index (χ2v) is 4.84. The molecule has 1 aromatic rings. The summed E-state index contributed by atoms with van der Waals surface area (Å²) >= 11 is 0. The zero-order chi connectivity index (χ0) is 12.5. The third kappa shape index (κ3) is 6.44. The first kappa shape index (κ1) is 14.2. The third-order valence-electron chi connectivity index (χ3n) is 3.00. The van der Waals surface area contributed by atoms with Crippen molar-refractivity contribution in [3.05, 3.63) is 35.9 Å². The van der Waals surface area contributed by atoms with E-state index in [1.165, 1.54) is 18.5 Å². The fourth-order valence-corrected chi connectivity index (χ4v) is 1.97. The summed E-state index contributed by atoms with van der Waals surface area (Å²) in [6.45, 7) is 7.77. The van der Waals surface area contributed by atoms with Crippen LogP contribution in [-0.2, 0) is 6.42 Å². The van der Waals surface area contributed by atoms with Crippen LogP contribution >= 0.6 is 0 Å². The van der Waals surface area contributed by atoms with Crippen molar-refractivity contribution >= 4 is 0 Å². The lowest BCUT2D eigenvalue weighted by atomic mass is 10.1. The van der Waals surface area contributed by atoms with Gasteiger partial charge in [0.2, 0.25) is 0 Å². The van der Waals surface area contributed by atoms with Gasteiger partial charge in [0.05, 0.1) is 0 Å². The van der Waals surface area contributed by atoms with Gasteiger partial charge in [-0.3, -0.25) is 0 Å². The molecule has 0 spiro atoms. The van der Waals surface area contributed by atoms with Crippen molar-refractivity contribution in [2.75, 3.05) is 19.6 Å². The summed E-state index contributed by atoms with van der Waals surface area (Å²) < 4.78 is 0. The Hall–Kier alpha value is -0.860. The molecule has 0 aliphatic carbocycles. The van der Waals surface area contributed by atoms with Gasteiger partial charge in [-0.1, -0.05) is 37.3 Å². The molecule has 0 saturated heterocycles. The maximum absolute atomic E-state index is 5.82. The van der Waals surface area contributed by atoms with Crippen LogP contribution in [0.25, 0.3) is 0 Å². The van der Waals surface area contributed by atoms with E-state index in [-0.39, 0.29) is 0 Å². The van der Waals surface area contributed by atoms with Crippen LogP contribution < -0.4 is 5.73 Å². The fraction of sp³-hybridized carbons (Fsp3) is 0.600. The van der Waals surface area contributed by atoms with Crippen LogP contribution in [0.1, 0.15) is 32.3 Å². The minimum Gasteiger partial charge on any atom is -0.328 e. The molecule has 2 heteroatoms. The molecule has 17 heavy (non-hydrogen) atoms. The summed E-state index contributed by atoms with van der Waals surface area (Å²) in [7, 11) is 0. The average molecular weight is 234 g/mol. The van der Waals surface area contributed by atoms with E-state index in [4.69, 9.17) is 5.73 Å². The van der Waals surface area contributed by atoms with Crippen molar-refractivity contribution in [3.63, 3.8) is 0 Å². The van der Waals surface area contributed by atoms with E-state index in [1.807, 2.05) is 0 Å². The quantitative estimate of drug-likeness (QED) is 0.749. The zero-order valence-electron chi connectivity index (χ0n) is 11.2. The van der Waals surface area contributed by atoms with Crippen molar-refractivity contribution in [3.8, 4) is 0 Å². The van der Waals surface area contributed by atoms with Crippen molar-refractivity contribution in [1.29, 1.82) is 0 Å². The second-order valence-electron chi connectivity index (χ2n) is 4.84. The summed E-state index contributed by atoms with van der Waals surface area (Å²) in [6, 6.07) is 11.0. The van der Waals surface area contributed by atoms with Crippen molar-refractivity contribution in [2.45, 2.75) is 39.2 Å². The highest BCUT2D eigenvalue weighted by Crippen LogP contribution is 2.03. The molecule has 0 aliphatic rings. The Labute approximate surface area is 106 Å². The lowest BCUT2D eigenvalue weighted by Crippen LogP contribution is -2.31. The van der Waals surface area contributed by atoms with Gasteiger partial charge in [-0.2, -0.15) is 0 Å². The molecular formula is C15H26N2. The first-order chi connectivity index (χ1) is 8.22. The molecule has 0 aliphatic heterocycles. The standard InChI is InChI=1S/C15H26N2/c1-3-11-17(12-9-14(2)16)13-10-15-7-5-4-6-8-15/h4-8,14H,3,9-13,16H2,1-2H3. The summed E-state index contributed by atoms with van der Waals surface area (Å²) in [5, 5.41) is 0. The van der Waals surface area contributed by atoms with E-state index in [9.17, 15) is 0 Å². The van der Waals surface area contributed by atoms with Crippen LogP contribution in [-0.4, -0.2) is 30.6 Å². The number of nitrogens with two attached hydrogens (primary N) is 1. The SMILES string of the molecule is CCCN(CCc1ccccc1)CCC(C)N. The molecule has 0 saturated carbocycles. The number of hydrogen-bond acceptors (Lipinski definition) is 2. The molecule has 96 valence electrons. The van der Waals surface area contributed by atoms with Gasteiger partial charge in [-0.25, -0.2) is 0 Å². The second kappa shape index (κ2) is 8.26. The van der Waals surface area contributed by atoms with E-state index >= 15 is 0 Å². The molecule has 0 fully saturated rings. The lowest BCUT2D eigenvalue weighted by Gasteiger charge is -2.22. The molecule has 0 bridgehead atoms. The third-order valence-corrected chi connectivity index (χ3v) is 3.00. The highest BCUT2D eigenvalue weighted by atomic mass is 15.1. The molecule has 0 radical (unpaired) electrons. The van der Waals surface area contributed by atoms with Crippen LogP contribution in [0.15, 0.2) is 30.3 Å². The van der Waals surface area contributed by atoms with Gasteiger partial charge in [0.15, 0.2) is 0 Å². The highest BCUT2D eigenvalue weighted by molar-refractivity contribution is 5.14. The first-order valence-electron chi connectivity index (χ1n) is 6.74. The van der Waals surface area contributed by atoms with Crippen molar-refractivity contribution in [1.82, 2.24) is 4.90 Å². The molecule has 0 amide bonds. The fourth-order valence-electron chi connectivity index (χ4n) is 1.97. The van der Waals surface area contributed by atoms with E-state index in [0.717, 1.165) is 25.9 Å². The molecule has 1 aromatic carbocycles. The smallest absolute Gasteiger partial charge is 0.00226 e. The van der Waals surface area contributed by atoms with Gasteiger partial charge >= 0.3 is 0 Å². The van der Waals surface area contributed by atoms with Gasteiger partial charge in [0, 0.05) is 12.6 Å². The molecule has 0 heterocycles. The molecular weight excluding hydrogens is 208 g/mol. The summed E-state index contributed by atoms with van der Waals surface area (Å²) in [5.41, 5.74) is 7.24. The summed E-state index contributed by atoms with van der Waals surface area (Å²) in [6.07, 6.45) is 3.45. The Morgan fingerprint density at radius 3 is 2.41 bits per heavy atom. The highest BCUT2D eigenvalue weighted by Gasteiger charge is 2.05. The van der Waals surface area contributed by atoms with Gasteiger partial charge in [-0.05, 0) is 44.8 Å². The maximum Gasteiger partial charge on any atom is 0.00226 e. The van der Waals surface area contributed by atoms with Crippen LogP contribution in [0, 0.1) is 0 Å². The van der Waals surface area contributed by atoms with E-state index in [1.54, 1.807) is 0 Å². The Kier molecular flexibility index (Phi) is 6.90. The molecule has 2 N–H and O–H groups in total. The van der Waals surface area contributed by atoms with E-state index in [2.05, 4.69) is 49.1 Å². The Morgan fingerprint density at radius 2 is 1.82 bits per heavy atom. The summed E-state index contributed by atoms with van der Waals surface area (Å²) in [4.78, 5) is 2.52.